The Labute approximate surface area is 183 Å². The van der Waals surface area contributed by atoms with Gasteiger partial charge in [0.15, 0.2) is 0 Å². The van der Waals surface area contributed by atoms with Crippen molar-refractivity contribution in [3.05, 3.63) is 65.0 Å². The Morgan fingerprint density at radius 2 is 2.03 bits per heavy atom. The minimum Gasteiger partial charge on any atom is -0.428 e. The topological polar surface area (TPSA) is 94.9 Å². The van der Waals surface area contributed by atoms with E-state index in [4.69, 9.17) is 0 Å². The number of sulfonamides is 1. The molecule has 2 N–H and O–H groups in total. The number of hydrazone groups is 1. The second-order valence-electron chi connectivity index (χ2n) is 8.64. The number of benzene rings is 1. The summed E-state index contributed by atoms with van der Waals surface area (Å²) >= 11 is 0. The number of allylic oxidation sites excluding steroid dienone is 1. The number of nitrogens with zero attached hydrogens (tertiary/aromatic N) is 3. The minimum atomic E-state index is -3.33. The molecular formula is C22H25BN4O3S. The molecule has 7 nitrogen and oxygen atoms in total. The molecule has 1 aromatic heterocycles. The van der Waals surface area contributed by atoms with E-state index in [0.29, 0.717) is 6.54 Å². The quantitative estimate of drug-likeness (QED) is 0.663. The average molecular weight is 436 g/mol. The molecule has 9 heteroatoms. The van der Waals surface area contributed by atoms with Crippen LogP contribution >= 0.6 is 0 Å². The minimum absolute atomic E-state index is 0.108. The monoisotopic (exact) mass is 436 g/mol. The predicted molar refractivity (Wildman–Crippen MR) is 122 cm³/mol. The van der Waals surface area contributed by atoms with Gasteiger partial charge in [-0.3, -0.25) is 4.98 Å². The highest BCUT2D eigenvalue weighted by Crippen LogP contribution is 2.39. The molecule has 1 aromatic carbocycles. The molecule has 0 bridgehead atoms. The van der Waals surface area contributed by atoms with E-state index in [0.717, 1.165) is 52.8 Å². The fourth-order valence-corrected chi connectivity index (χ4v) is 6.18. The second-order valence-corrected chi connectivity index (χ2v) is 10.8. The van der Waals surface area contributed by atoms with Crippen LogP contribution in [0.4, 0.5) is 0 Å². The Bertz CT molecular complexity index is 1160. The van der Waals surface area contributed by atoms with E-state index < -0.39 is 17.1 Å². The van der Waals surface area contributed by atoms with Gasteiger partial charge in [-0.05, 0) is 24.3 Å². The van der Waals surface area contributed by atoms with Crippen molar-refractivity contribution in [3.63, 3.8) is 0 Å². The lowest BCUT2D eigenvalue weighted by Gasteiger charge is -2.38. The van der Waals surface area contributed by atoms with E-state index >= 15 is 0 Å². The number of hydrogen-bond donors (Lipinski definition) is 2. The molecule has 2 aromatic rings. The summed E-state index contributed by atoms with van der Waals surface area (Å²) < 4.78 is 27.1. The van der Waals surface area contributed by atoms with Gasteiger partial charge < -0.3 is 10.4 Å². The molecule has 1 fully saturated rings. The maximum Gasteiger partial charge on any atom is 0.465 e. The van der Waals surface area contributed by atoms with Crippen LogP contribution in [0, 0.1) is 11.8 Å². The van der Waals surface area contributed by atoms with Crippen molar-refractivity contribution in [3.8, 4) is 0 Å². The van der Waals surface area contributed by atoms with Crippen molar-refractivity contribution in [2.45, 2.75) is 25.8 Å². The van der Waals surface area contributed by atoms with Crippen LogP contribution in [0.5, 0.6) is 0 Å². The van der Waals surface area contributed by atoms with Crippen LogP contribution in [-0.2, 0) is 23.0 Å². The van der Waals surface area contributed by atoms with Crippen molar-refractivity contribution in [2.75, 3.05) is 12.8 Å². The molecule has 1 saturated carbocycles. The van der Waals surface area contributed by atoms with Crippen molar-refractivity contribution >= 4 is 34.3 Å². The van der Waals surface area contributed by atoms with Gasteiger partial charge in [-0.2, -0.15) is 5.10 Å². The summed E-state index contributed by atoms with van der Waals surface area (Å²) in [5.74, 6) is 0.438. The van der Waals surface area contributed by atoms with Gasteiger partial charge in [0, 0.05) is 48.7 Å². The molecule has 1 aliphatic heterocycles. The Morgan fingerprint density at radius 1 is 1.26 bits per heavy atom. The average Bonchev–Trinajstić information content (AvgIpc) is 3.21. The molecular weight excluding hydrogens is 411 g/mol. The SMILES string of the molecule is CN(Cc1ccccc1)S(=O)(=O)CC1CC(C2=NNB(O)c3cnc4c(c32)C=CC4)C1. The van der Waals surface area contributed by atoms with Crippen LogP contribution in [0.15, 0.2) is 47.7 Å². The van der Waals surface area contributed by atoms with Crippen LogP contribution in [0.1, 0.15) is 35.2 Å². The highest BCUT2D eigenvalue weighted by Gasteiger charge is 2.41. The number of nitrogens with one attached hydrogen (secondary N) is 1. The first kappa shape index (κ1) is 20.4. The molecule has 0 spiro atoms. The van der Waals surface area contributed by atoms with Gasteiger partial charge in [0.25, 0.3) is 0 Å². The van der Waals surface area contributed by atoms with Gasteiger partial charge in [0.05, 0.1) is 17.2 Å². The lowest BCUT2D eigenvalue weighted by Crippen LogP contribution is -2.52. The summed E-state index contributed by atoms with van der Waals surface area (Å²) in [4.78, 5) is 4.48. The first-order chi connectivity index (χ1) is 14.9. The Morgan fingerprint density at radius 3 is 2.81 bits per heavy atom. The molecule has 0 amide bonds. The summed E-state index contributed by atoms with van der Waals surface area (Å²) in [5.41, 5.74) is 5.65. The zero-order chi connectivity index (χ0) is 21.6. The molecule has 0 atom stereocenters. The molecule has 0 radical (unpaired) electrons. The maximum absolute atomic E-state index is 12.8. The molecule has 31 heavy (non-hydrogen) atoms. The van der Waals surface area contributed by atoms with Crippen LogP contribution in [0.3, 0.4) is 0 Å². The van der Waals surface area contributed by atoms with Crippen LogP contribution in [-0.4, -0.2) is 48.3 Å². The summed E-state index contributed by atoms with van der Waals surface area (Å²) in [6.07, 6.45) is 8.19. The maximum atomic E-state index is 12.8. The van der Waals surface area contributed by atoms with Gasteiger partial charge in [-0.1, -0.05) is 42.5 Å². The third-order valence-electron chi connectivity index (χ3n) is 6.47. The van der Waals surface area contributed by atoms with E-state index in [1.807, 2.05) is 36.4 Å². The standard InChI is InChI=1S/C22H25BN4O3S/c1-27(13-15-6-3-2-4-7-15)31(29,30)14-16-10-17(11-16)22-21-18-8-5-9-20(18)24-12-19(21)23(28)26-25-22/h2-8,12,16-17,26,28H,9-11,13-14H2,1H3. The highest BCUT2D eigenvalue weighted by molar-refractivity contribution is 7.89. The van der Waals surface area contributed by atoms with Gasteiger partial charge >= 0.3 is 7.05 Å². The Kier molecular flexibility index (Phi) is 5.20. The van der Waals surface area contributed by atoms with Crippen molar-refractivity contribution in [1.82, 2.24) is 14.6 Å². The number of pyridine rings is 1. The second kappa shape index (κ2) is 7.89. The summed E-state index contributed by atoms with van der Waals surface area (Å²) in [7, 11) is -2.56. The van der Waals surface area contributed by atoms with E-state index in [1.165, 1.54) is 4.31 Å². The Hall–Kier alpha value is -2.49. The number of rotatable bonds is 6. The smallest absolute Gasteiger partial charge is 0.428 e. The number of hydrogen-bond acceptors (Lipinski definition) is 6. The Balaban J connectivity index is 1.27. The molecule has 2 heterocycles. The van der Waals surface area contributed by atoms with Crippen LogP contribution in [0.25, 0.3) is 6.08 Å². The van der Waals surface area contributed by atoms with E-state index in [-0.39, 0.29) is 17.6 Å². The summed E-state index contributed by atoms with van der Waals surface area (Å²) in [5, 5.41) is 17.6. The first-order valence-electron chi connectivity index (χ1n) is 10.6. The third-order valence-corrected chi connectivity index (χ3v) is 8.45. The van der Waals surface area contributed by atoms with Crippen molar-refractivity contribution < 1.29 is 13.4 Å². The van der Waals surface area contributed by atoms with Gasteiger partial charge in [0.1, 0.15) is 0 Å². The molecule has 0 unspecified atom stereocenters. The van der Waals surface area contributed by atoms with Crippen molar-refractivity contribution in [1.29, 1.82) is 0 Å². The summed E-state index contributed by atoms with van der Waals surface area (Å²) in [6.45, 7) is 0.382. The zero-order valence-electron chi connectivity index (χ0n) is 17.4. The van der Waals surface area contributed by atoms with E-state index in [2.05, 4.69) is 21.5 Å². The molecule has 0 saturated heterocycles. The predicted octanol–water partition coefficient (Wildman–Crippen LogP) is 1.13. The first-order valence-corrected chi connectivity index (χ1v) is 12.2. The highest BCUT2D eigenvalue weighted by atomic mass is 32.2. The molecule has 160 valence electrons. The fraction of sp³-hybridized carbons (Fsp3) is 0.364. The van der Waals surface area contributed by atoms with Crippen LogP contribution < -0.4 is 10.8 Å². The number of aromatic nitrogens is 1. The summed E-state index contributed by atoms with van der Waals surface area (Å²) in [6, 6.07) is 9.64. The third kappa shape index (κ3) is 3.82. The zero-order valence-corrected chi connectivity index (χ0v) is 18.2. The van der Waals surface area contributed by atoms with Gasteiger partial charge in [-0.15, -0.1) is 0 Å². The largest absolute Gasteiger partial charge is 0.465 e. The van der Waals surface area contributed by atoms with Crippen molar-refractivity contribution in [2.24, 2.45) is 16.9 Å². The molecule has 5 rings (SSSR count). The van der Waals surface area contributed by atoms with Crippen LogP contribution in [0.2, 0.25) is 0 Å². The molecule has 3 aliphatic rings. The lowest BCUT2D eigenvalue weighted by atomic mass is 9.65. The van der Waals surface area contributed by atoms with E-state index in [9.17, 15) is 13.4 Å². The lowest BCUT2D eigenvalue weighted by molar-refractivity contribution is 0.279. The fourth-order valence-electron chi connectivity index (χ4n) is 4.72. The van der Waals surface area contributed by atoms with E-state index in [1.54, 1.807) is 13.2 Å². The normalized spacial score (nSPS) is 21.9. The van der Waals surface area contributed by atoms with Gasteiger partial charge in [0.2, 0.25) is 10.0 Å². The molecule has 2 aliphatic carbocycles. The van der Waals surface area contributed by atoms with Gasteiger partial charge in [-0.25, -0.2) is 12.7 Å². The number of fused-ring (bicyclic) bond motifs is 3.